The summed E-state index contributed by atoms with van der Waals surface area (Å²) in [5.41, 5.74) is 7.04. The summed E-state index contributed by atoms with van der Waals surface area (Å²) in [5, 5.41) is 18.8. The molecule has 1 aromatic rings. The molecular weight excluding hydrogens is 220 g/mol. The number of amidine groups is 1. The second kappa shape index (κ2) is 6.61. The number of nitrogens with zero attached hydrogens (tertiary/aromatic N) is 3. The number of unbranched alkanes of at least 4 members (excludes halogenated alkanes) is 1. The number of rotatable bonds is 6. The third kappa shape index (κ3) is 4.43. The molecule has 0 radical (unpaired) electrons. The molecule has 3 N–H and O–H groups in total. The molecule has 0 aliphatic rings. The Morgan fingerprint density at radius 3 is 3.14 bits per heavy atom. The predicted octanol–water partition coefficient (Wildman–Crippen LogP) is 1.55. The van der Waals surface area contributed by atoms with E-state index in [9.17, 15) is 0 Å². The van der Waals surface area contributed by atoms with Crippen LogP contribution < -0.4 is 5.73 Å². The van der Waals surface area contributed by atoms with E-state index < -0.39 is 0 Å². The minimum absolute atomic E-state index is 0.297. The summed E-state index contributed by atoms with van der Waals surface area (Å²) in [7, 11) is 0. The molecule has 0 aliphatic heterocycles. The molecular formula is C7H12N4OS2. The molecule has 0 amide bonds. The largest absolute Gasteiger partial charge is 0.409 e. The maximum atomic E-state index is 8.28. The van der Waals surface area contributed by atoms with Gasteiger partial charge in [-0.15, -0.1) is 10.2 Å². The Morgan fingerprint density at radius 1 is 1.64 bits per heavy atom. The average molecular weight is 232 g/mol. The molecule has 7 heteroatoms. The Hall–Kier alpha value is -0.820. The van der Waals surface area contributed by atoms with Gasteiger partial charge >= 0.3 is 0 Å². The molecule has 0 aromatic carbocycles. The van der Waals surface area contributed by atoms with Crippen LogP contribution in [0, 0.1) is 0 Å². The third-order valence-electron chi connectivity index (χ3n) is 1.52. The Kier molecular flexibility index (Phi) is 5.31. The number of aromatic nitrogens is 2. The molecule has 1 rings (SSSR count). The molecule has 0 saturated carbocycles. The molecule has 0 aliphatic carbocycles. The van der Waals surface area contributed by atoms with Crippen molar-refractivity contribution in [1.82, 2.24) is 10.2 Å². The van der Waals surface area contributed by atoms with Gasteiger partial charge in [0.2, 0.25) is 0 Å². The number of nitrogens with two attached hydrogens (primary N) is 1. The van der Waals surface area contributed by atoms with E-state index in [1.165, 1.54) is 0 Å². The van der Waals surface area contributed by atoms with Gasteiger partial charge in [-0.25, -0.2) is 0 Å². The molecule has 1 aromatic heterocycles. The van der Waals surface area contributed by atoms with Gasteiger partial charge in [-0.3, -0.25) is 0 Å². The van der Waals surface area contributed by atoms with Gasteiger partial charge in [0.05, 0.1) is 0 Å². The molecule has 14 heavy (non-hydrogen) atoms. The zero-order valence-corrected chi connectivity index (χ0v) is 9.22. The lowest BCUT2D eigenvalue weighted by Gasteiger charge is -1.97. The fraction of sp³-hybridized carbons (Fsp3) is 0.571. The summed E-state index contributed by atoms with van der Waals surface area (Å²) in [6, 6.07) is 0. The summed E-state index contributed by atoms with van der Waals surface area (Å²) in [4.78, 5) is 0. The molecule has 0 saturated heterocycles. The number of thioether (sulfide) groups is 1. The maximum absolute atomic E-state index is 8.28. The lowest BCUT2D eigenvalue weighted by Crippen LogP contribution is -2.10. The van der Waals surface area contributed by atoms with Crippen molar-refractivity contribution in [1.29, 1.82) is 0 Å². The molecule has 5 nitrogen and oxygen atoms in total. The number of oxime groups is 1. The topological polar surface area (TPSA) is 84.4 Å². The highest BCUT2D eigenvalue weighted by atomic mass is 32.2. The monoisotopic (exact) mass is 232 g/mol. The minimum Gasteiger partial charge on any atom is -0.409 e. The van der Waals surface area contributed by atoms with Crippen molar-refractivity contribution in [3.05, 3.63) is 5.51 Å². The normalized spacial score (nSPS) is 11.9. The van der Waals surface area contributed by atoms with Crippen LogP contribution in [0.3, 0.4) is 0 Å². The van der Waals surface area contributed by atoms with Crippen molar-refractivity contribution in [2.45, 2.75) is 23.6 Å². The van der Waals surface area contributed by atoms with Gasteiger partial charge in [-0.05, 0) is 12.8 Å². The summed E-state index contributed by atoms with van der Waals surface area (Å²) in [6.45, 7) is 0. The van der Waals surface area contributed by atoms with Crippen LogP contribution in [-0.2, 0) is 0 Å². The van der Waals surface area contributed by atoms with E-state index in [0.29, 0.717) is 12.3 Å². The first-order valence-corrected chi connectivity index (χ1v) is 6.05. The van der Waals surface area contributed by atoms with E-state index in [0.717, 1.165) is 22.9 Å². The van der Waals surface area contributed by atoms with Crippen LogP contribution in [0.15, 0.2) is 15.0 Å². The van der Waals surface area contributed by atoms with Crippen LogP contribution in [0.25, 0.3) is 0 Å². The first kappa shape index (κ1) is 11.3. The SMILES string of the molecule is NC(CCCCSc1nncs1)=NO. The first-order chi connectivity index (χ1) is 6.83. The van der Waals surface area contributed by atoms with E-state index in [4.69, 9.17) is 10.9 Å². The van der Waals surface area contributed by atoms with Crippen molar-refractivity contribution in [2.24, 2.45) is 10.9 Å². The van der Waals surface area contributed by atoms with E-state index >= 15 is 0 Å². The van der Waals surface area contributed by atoms with Gasteiger partial charge in [0.1, 0.15) is 11.3 Å². The van der Waals surface area contributed by atoms with Crippen molar-refractivity contribution in [2.75, 3.05) is 5.75 Å². The van der Waals surface area contributed by atoms with Gasteiger partial charge in [0.25, 0.3) is 0 Å². The molecule has 78 valence electrons. The predicted molar refractivity (Wildman–Crippen MR) is 57.9 cm³/mol. The van der Waals surface area contributed by atoms with Crippen molar-refractivity contribution in [3.8, 4) is 0 Å². The lowest BCUT2D eigenvalue weighted by molar-refractivity contribution is 0.316. The first-order valence-electron chi connectivity index (χ1n) is 4.18. The lowest BCUT2D eigenvalue weighted by atomic mass is 10.2. The Balaban J connectivity index is 2.00. The van der Waals surface area contributed by atoms with Crippen LogP contribution in [-0.4, -0.2) is 27.0 Å². The van der Waals surface area contributed by atoms with Crippen LogP contribution >= 0.6 is 23.1 Å². The smallest absolute Gasteiger partial charge is 0.174 e. The highest BCUT2D eigenvalue weighted by Gasteiger charge is 1.98. The van der Waals surface area contributed by atoms with Crippen LogP contribution in [0.1, 0.15) is 19.3 Å². The van der Waals surface area contributed by atoms with E-state index in [-0.39, 0.29) is 0 Å². The molecule has 0 bridgehead atoms. The second-order valence-electron chi connectivity index (χ2n) is 2.60. The highest BCUT2D eigenvalue weighted by molar-refractivity contribution is 8.00. The summed E-state index contributed by atoms with van der Waals surface area (Å²) >= 11 is 3.23. The quantitative estimate of drug-likeness (QED) is 0.194. The molecule has 0 atom stereocenters. The van der Waals surface area contributed by atoms with E-state index in [2.05, 4.69) is 15.4 Å². The molecule has 0 fully saturated rings. The van der Waals surface area contributed by atoms with Gasteiger partial charge in [0, 0.05) is 12.2 Å². The van der Waals surface area contributed by atoms with Gasteiger partial charge < -0.3 is 10.9 Å². The van der Waals surface area contributed by atoms with Crippen LogP contribution in [0.5, 0.6) is 0 Å². The zero-order chi connectivity index (χ0) is 10.2. The summed E-state index contributed by atoms with van der Waals surface area (Å²) < 4.78 is 0.994. The van der Waals surface area contributed by atoms with Crippen molar-refractivity contribution < 1.29 is 5.21 Å². The number of hydrogen-bond acceptors (Lipinski definition) is 6. The Labute approximate surface area is 90.4 Å². The van der Waals surface area contributed by atoms with E-state index in [1.807, 2.05) is 0 Å². The van der Waals surface area contributed by atoms with Gasteiger partial charge in [-0.1, -0.05) is 28.3 Å². The summed E-state index contributed by atoms with van der Waals surface area (Å²) in [6.07, 6.45) is 2.61. The fourth-order valence-corrected chi connectivity index (χ4v) is 2.40. The Morgan fingerprint density at radius 2 is 2.50 bits per heavy atom. The van der Waals surface area contributed by atoms with Gasteiger partial charge in [-0.2, -0.15) is 0 Å². The highest BCUT2D eigenvalue weighted by Crippen LogP contribution is 2.20. The average Bonchev–Trinajstić information content (AvgIpc) is 2.69. The molecule has 0 unspecified atom stereocenters. The van der Waals surface area contributed by atoms with Crippen LogP contribution in [0.4, 0.5) is 0 Å². The minimum atomic E-state index is 0.297. The van der Waals surface area contributed by atoms with Gasteiger partial charge in [0.15, 0.2) is 4.34 Å². The Bertz CT molecular complexity index is 275. The number of hydrogen-bond donors (Lipinski definition) is 2. The molecule has 1 heterocycles. The molecule has 0 spiro atoms. The fourth-order valence-electron chi connectivity index (χ4n) is 0.843. The standard InChI is InChI=1S/C7H12N4OS2/c8-6(11-12)3-1-2-4-13-7-10-9-5-14-7/h5,12H,1-4H2,(H2,8,11). The van der Waals surface area contributed by atoms with Crippen molar-refractivity contribution >= 4 is 28.9 Å². The zero-order valence-electron chi connectivity index (χ0n) is 7.59. The maximum Gasteiger partial charge on any atom is 0.174 e. The van der Waals surface area contributed by atoms with Crippen LogP contribution in [0.2, 0.25) is 0 Å². The summed E-state index contributed by atoms with van der Waals surface area (Å²) in [5.74, 6) is 1.29. The second-order valence-corrected chi connectivity index (χ2v) is 4.78. The van der Waals surface area contributed by atoms with Crippen molar-refractivity contribution in [3.63, 3.8) is 0 Å². The third-order valence-corrected chi connectivity index (χ3v) is 3.47. The van der Waals surface area contributed by atoms with E-state index in [1.54, 1.807) is 28.6 Å².